The molecule has 1 amide bonds. The molecule has 0 saturated carbocycles. The average molecular weight is 308 g/mol. The predicted octanol–water partition coefficient (Wildman–Crippen LogP) is 1.06. The lowest BCUT2D eigenvalue weighted by Gasteiger charge is -2.11. The molecule has 0 aliphatic carbocycles. The lowest BCUT2D eigenvalue weighted by atomic mass is 10.2. The molecule has 112 valence electrons. The Labute approximate surface area is 129 Å². The molecule has 1 aliphatic heterocycles. The number of hydrogen-bond donors (Lipinski definition) is 2. The van der Waals surface area contributed by atoms with Crippen LogP contribution in [0.25, 0.3) is 5.82 Å². The van der Waals surface area contributed by atoms with Gasteiger partial charge >= 0.3 is 0 Å². The number of imidazole rings is 1. The number of carbonyl (C=O) groups is 1. The molecule has 1 saturated heterocycles. The van der Waals surface area contributed by atoms with Gasteiger partial charge in [-0.1, -0.05) is 0 Å². The topological polar surface area (TPSA) is 71.8 Å². The quantitative estimate of drug-likeness (QED) is 0.886. The Hall–Kier alpha value is -1.92. The minimum Gasteiger partial charge on any atom is -0.351 e. The Bertz CT molecular complexity index is 581. The molecular formula is C14H18ClN5O. The first kappa shape index (κ1) is 15.5. The maximum absolute atomic E-state index is 11.9. The minimum absolute atomic E-state index is 0. The number of aromatic nitrogens is 3. The van der Waals surface area contributed by atoms with E-state index in [9.17, 15) is 4.79 Å². The Morgan fingerprint density at radius 1 is 1.48 bits per heavy atom. The van der Waals surface area contributed by atoms with Gasteiger partial charge in [-0.2, -0.15) is 0 Å². The Morgan fingerprint density at radius 2 is 2.38 bits per heavy atom. The highest BCUT2D eigenvalue weighted by atomic mass is 35.5. The van der Waals surface area contributed by atoms with E-state index in [1.165, 1.54) is 0 Å². The van der Waals surface area contributed by atoms with Gasteiger partial charge in [0.15, 0.2) is 0 Å². The van der Waals surface area contributed by atoms with Crippen molar-refractivity contribution >= 4 is 18.3 Å². The standard InChI is InChI=1S/C14H17N5O.ClH/c20-14(12-2-1-4-16-12)18-9-11-3-5-17-13(8-11)19-7-6-15-10-19;/h3,5-8,10,12,16H,1-2,4,9H2,(H,18,20);1H. The van der Waals surface area contributed by atoms with Gasteiger partial charge < -0.3 is 10.6 Å². The number of pyridine rings is 1. The number of hydrogen-bond acceptors (Lipinski definition) is 4. The second-order valence-electron chi connectivity index (χ2n) is 4.86. The van der Waals surface area contributed by atoms with Crippen molar-refractivity contribution in [1.29, 1.82) is 0 Å². The molecule has 1 atom stereocenters. The fourth-order valence-electron chi connectivity index (χ4n) is 2.33. The highest BCUT2D eigenvalue weighted by Crippen LogP contribution is 2.08. The van der Waals surface area contributed by atoms with Crippen LogP contribution >= 0.6 is 12.4 Å². The molecule has 7 heteroatoms. The molecule has 21 heavy (non-hydrogen) atoms. The van der Waals surface area contributed by atoms with Crippen LogP contribution in [0, 0.1) is 0 Å². The van der Waals surface area contributed by atoms with Gasteiger partial charge in [0.25, 0.3) is 0 Å². The van der Waals surface area contributed by atoms with Gasteiger partial charge in [-0.05, 0) is 37.1 Å². The number of carbonyl (C=O) groups excluding carboxylic acids is 1. The molecule has 1 unspecified atom stereocenters. The maximum atomic E-state index is 11.9. The molecule has 3 rings (SSSR count). The van der Waals surface area contributed by atoms with E-state index in [0.29, 0.717) is 6.54 Å². The molecule has 6 nitrogen and oxygen atoms in total. The van der Waals surface area contributed by atoms with E-state index >= 15 is 0 Å². The molecule has 0 bridgehead atoms. The van der Waals surface area contributed by atoms with Crippen molar-refractivity contribution in [3.8, 4) is 5.82 Å². The fraction of sp³-hybridized carbons (Fsp3) is 0.357. The minimum atomic E-state index is -0.0371. The average Bonchev–Trinajstić information content (AvgIpc) is 3.17. The Balaban J connectivity index is 0.00000161. The van der Waals surface area contributed by atoms with Crippen LogP contribution < -0.4 is 10.6 Å². The summed E-state index contributed by atoms with van der Waals surface area (Å²) in [7, 11) is 0. The van der Waals surface area contributed by atoms with Crippen LogP contribution in [0.3, 0.4) is 0 Å². The second-order valence-corrected chi connectivity index (χ2v) is 4.86. The summed E-state index contributed by atoms with van der Waals surface area (Å²) in [6.07, 6.45) is 8.98. The van der Waals surface area contributed by atoms with Crippen molar-refractivity contribution in [3.63, 3.8) is 0 Å². The summed E-state index contributed by atoms with van der Waals surface area (Å²) in [4.78, 5) is 20.2. The number of nitrogens with one attached hydrogen (secondary N) is 2. The van der Waals surface area contributed by atoms with E-state index in [1.807, 2.05) is 22.9 Å². The van der Waals surface area contributed by atoms with Crippen LogP contribution in [0.4, 0.5) is 0 Å². The van der Waals surface area contributed by atoms with E-state index in [-0.39, 0.29) is 24.4 Å². The SMILES string of the molecule is Cl.O=C(NCc1ccnc(-n2ccnc2)c1)C1CCCN1. The Morgan fingerprint density at radius 3 is 3.10 bits per heavy atom. The zero-order valence-corrected chi connectivity index (χ0v) is 12.3. The lowest BCUT2D eigenvalue weighted by molar-refractivity contribution is -0.122. The Kier molecular flexibility index (Phi) is 5.30. The van der Waals surface area contributed by atoms with E-state index in [4.69, 9.17) is 0 Å². The zero-order chi connectivity index (χ0) is 13.8. The predicted molar refractivity (Wildman–Crippen MR) is 81.5 cm³/mol. The van der Waals surface area contributed by atoms with Gasteiger partial charge in [0.1, 0.15) is 12.1 Å². The molecule has 2 aromatic heterocycles. The third kappa shape index (κ3) is 3.80. The summed E-state index contributed by atoms with van der Waals surface area (Å²) >= 11 is 0. The molecular weight excluding hydrogens is 290 g/mol. The van der Waals surface area contributed by atoms with Crippen LogP contribution in [0.1, 0.15) is 18.4 Å². The first-order valence-electron chi connectivity index (χ1n) is 6.77. The van der Waals surface area contributed by atoms with Crippen molar-refractivity contribution in [2.24, 2.45) is 0 Å². The maximum Gasteiger partial charge on any atom is 0.237 e. The second kappa shape index (κ2) is 7.19. The van der Waals surface area contributed by atoms with E-state index in [1.54, 1.807) is 18.7 Å². The summed E-state index contributed by atoms with van der Waals surface area (Å²) in [5.74, 6) is 0.872. The molecule has 2 aromatic rings. The van der Waals surface area contributed by atoms with Crippen LogP contribution in [-0.4, -0.2) is 33.0 Å². The molecule has 0 radical (unpaired) electrons. The lowest BCUT2D eigenvalue weighted by Crippen LogP contribution is -2.40. The third-order valence-electron chi connectivity index (χ3n) is 3.42. The van der Waals surface area contributed by atoms with Crippen molar-refractivity contribution in [3.05, 3.63) is 42.6 Å². The van der Waals surface area contributed by atoms with Gasteiger partial charge in [0, 0.05) is 25.1 Å². The van der Waals surface area contributed by atoms with Gasteiger partial charge in [-0.15, -0.1) is 12.4 Å². The number of amides is 1. The molecule has 2 N–H and O–H groups in total. The van der Waals surface area contributed by atoms with Crippen molar-refractivity contribution in [2.45, 2.75) is 25.4 Å². The third-order valence-corrected chi connectivity index (χ3v) is 3.42. The highest BCUT2D eigenvalue weighted by molar-refractivity contribution is 5.85. The highest BCUT2D eigenvalue weighted by Gasteiger charge is 2.21. The largest absolute Gasteiger partial charge is 0.351 e. The van der Waals surface area contributed by atoms with Crippen LogP contribution in [0.5, 0.6) is 0 Å². The van der Waals surface area contributed by atoms with Crippen LogP contribution in [-0.2, 0) is 11.3 Å². The van der Waals surface area contributed by atoms with Gasteiger partial charge in [-0.3, -0.25) is 9.36 Å². The van der Waals surface area contributed by atoms with Gasteiger partial charge in [-0.25, -0.2) is 9.97 Å². The summed E-state index contributed by atoms with van der Waals surface area (Å²) in [5.41, 5.74) is 1.02. The summed E-state index contributed by atoms with van der Waals surface area (Å²) in [6, 6.07) is 3.82. The monoisotopic (exact) mass is 307 g/mol. The molecule has 0 aromatic carbocycles. The summed E-state index contributed by atoms with van der Waals surface area (Å²) in [6.45, 7) is 1.44. The van der Waals surface area contributed by atoms with Crippen LogP contribution in [0.2, 0.25) is 0 Å². The fourth-order valence-corrected chi connectivity index (χ4v) is 2.33. The van der Waals surface area contributed by atoms with E-state index in [0.717, 1.165) is 30.8 Å². The molecule has 1 aliphatic rings. The van der Waals surface area contributed by atoms with Crippen molar-refractivity contribution in [2.75, 3.05) is 6.54 Å². The first-order chi connectivity index (χ1) is 9.83. The first-order valence-corrected chi connectivity index (χ1v) is 6.77. The number of rotatable bonds is 4. The van der Waals surface area contributed by atoms with Gasteiger partial charge in [0.05, 0.1) is 6.04 Å². The van der Waals surface area contributed by atoms with Gasteiger partial charge in [0.2, 0.25) is 5.91 Å². The summed E-state index contributed by atoms with van der Waals surface area (Å²) < 4.78 is 1.84. The normalized spacial score (nSPS) is 17.2. The zero-order valence-electron chi connectivity index (χ0n) is 11.5. The van der Waals surface area contributed by atoms with E-state index in [2.05, 4.69) is 20.6 Å². The molecule has 0 spiro atoms. The van der Waals surface area contributed by atoms with E-state index < -0.39 is 0 Å². The van der Waals surface area contributed by atoms with Crippen molar-refractivity contribution < 1.29 is 4.79 Å². The number of halogens is 1. The smallest absolute Gasteiger partial charge is 0.237 e. The number of nitrogens with zero attached hydrogens (tertiary/aromatic N) is 3. The van der Waals surface area contributed by atoms with Crippen molar-refractivity contribution in [1.82, 2.24) is 25.2 Å². The molecule has 3 heterocycles. The molecule has 1 fully saturated rings. The van der Waals surface area contributed by atoms with Crippen LogP contribution in [0.15, 0.2) is 37.1 Å². The summed E-state index contributed by atoms with van der Waals surface area (Å²) in [5, 5.41) is 6.15.